The fourth-order valence-electron chi connectivity index (χ4n) is 3.64. The van der Waals surface area contributed by atoms with Gasteiger partial charge in [0, 0.05) is 38.1 Å². The first-order chi connectivity index (χ1) is 13.0. The van der Waals surface area contributed by atoms with Crippen LogP contribution in [0.2, 0.25) is 0 Å². The van der Waals surface area contributed by atoms with Crippen molar-refractivity contribution in [1.82, 2.24) is 9.21 Å². The average Bonchev–Trinajstić information content (AvgIpc) is 2.70. The van der Waals surface area contributed by atoms with Gasteiger partial charge in [-0.3, -0.25) is 4.90 Å². The second-order valence-electron chi connectivity index (χ2n) is 7.14. The highest BCUT2D eigenvalue weighted by atomic mass is 32.2. The summed E-state index contributed by atoms with van der Waals surface area (Å²) >= 11 is 0. The Kier molecular flexibility index (Phi) is 5.00. The van der Waals surface area contributed by atoms with Crippen LogP contribution < -0.4 is 0 Å². The lowest BCUT2D eigenvalue weighted by Crippen LogP contribution is -2.48. The Hall–Kier alpha value is -2.21. The van der Waals surface area contributed by atoms with E-state index in [1.807, 2.05) is 36.4 Å². The molecule has 3 aromatic rings. The quantitative estimate of drug-likeness (QED) is 0.694. The van der Waals surface area contributed by atoms with Crippen molar-refractivity contribution in [3.05, 3.63) is 77.9 Å². The zero-order chi connectivity index (χ0) is 18.9. The Balaban J connectivity index is 1.49. The van der Waals surface area contributed by atoms with Crippen LogP contribution in [-0.2, 0) is 16.6 Å². The molecule has 0 radical (unpaired) electrons. The van der Waals surface area contributed by atoms with Gasteiger partial charge in [-0.25, -0.2) is 8.42 Å². The summed E-state index contributed by atoms with van der Waals surface area (Å²) in [7, 11) is -3.48. The largest absolute Gasteiger partial charge is 0.296 e. The van der Waals surface area contributed by atoms with Crippen LogP contribution in [0.5, 0.6) is 0 Å². The third kappa shape index (κ3) is 3.76. The molecule has 0 amide bonds. The van der Waals surface area contributed by atoms with E-state index in [4.69, 9.17) is 0 Å². The topological polar surface area (TPSA) is 40.6 Å². The molecule has 1 saturated heterocycles. The van der Waals surface area contributed by atoms with Crippen LogP contribution in [-0.4, -0.2) is 43.8 Å². The smallest absolute Gasteiger partial charge is 0.243 e. The molecule has 0 unspecified atom stereocenters. The molecule has 0 saturated carbocycles. The van der Waals surface area contributed by atoms with Crippen molar-refractivity contribution in [2.24, 2.45) is 0 Å². The maximum absolute atomic E-state index is 13.2. The lowest BCUT2D eigenvalue weighted by Gasteiger charge is -2.34. The Morgan fingerprint density at radius 1 is 0.815 bits per heavy atom. The Labute approximate surface area is 161 Å². The fraction of sp³-hybridized carbons (Fsp3) is 0.273. The maximum Gasteiger partial charge on any atom is 0.243 e. The number of hydrogen-bond donors (Lipinski definition) is 0. The standard InChI is InChI=1S/C22H24N2O2S/c1-18-9-11-19(12-10-18)17-23-13-15-24(16-14-23)27(25,26)22-8-4-6-20-5-2-3-7-21(20)22/h2-12H,13-17H2,1H3. The highest BCUT2D eigenvalue weighted by Crippen LogP contribution is 2.26. The fourth-order valence-corrected chi connectivity index (χ4v) is 5.28. The van der Waals surface area contributed by atoms with Crippen LogP contribution in [0.4, 0.5) is 0 Å². The predicted octanol–water partition coefficient (Wildman–Crippen LogP) is 3.65. The second kappa shape index (κ2) is 7.43. The highest BCUT2D eigenvalue weighted by molar-refractivity contribution is 7.89. The third-order valence-corrected chi connectivity index (χ3v) is 7.18. The Morgan fingerprint density at radius 2 is 1.48 bits per heavy atom. The molecule has 5 heteroatoms. The number of hydrogen-bond acceptors (Lipinski definition) is 3. The van der Waals surface area contributed by atoms with E-state index < -0.39 is 10.0 Å². The first-order valence-corrected chi connectivity index (χ1v) is 10.7. The second-order valence-corrected chi connectivity index (χ2v) is 9.05. The first-order valence-electron chi connectivity index (χ1n) is 9.30. The molecule has 27 heavy (non-hydrogen) atoms. The number of sulfonamides is 1. The first kappa shape index (κ1) is 18.2. The molecule has 1 aliphatic heterocycles. The van der Waals surface area contributed by atoms with E-state index in [-0.39, 0.29) is 0 Å². The molecule has 0 atom stereocenters. The van der Waals surface area contributed by atoms with Gasteiger partial charge < -0.3 is 0 Å². The summed E-state index contributed by atoms with van der Waals surface area (Å²) < 4.78 is 28.0. The molecule has 1 aliphatic rings. The van der Waals surface area contributed by atoms with Gasteiger partial charge in [0.05, 0.1) is 4.90 Å². The Bertz CT molecular complexity index is 1030. The van der Waals surface area contributed by atoms with Gasteiger partial charge in [-0.05, 0) is 23.9 Å². The van der Waals surface area contributed by atoms with E-state index in [0.717, 1.165) is 30.4 Å². The summed E-state index contributed by atoms with van der Waals surface area (Å²) in [6.07, 6.45) is 0. The van der Waals surface area contributed by atoms with Crippen molar-refractivity contribution in [2.45, 2.75) is 18.4 Å². The number of rotatable bonds is 4. The van der Waals surface area contributed by atoms with Gasteiger partial charge in [0.2, 0.25) is 10.0 Å². The molecule has 1 fully saturated rings. The van der Waals surface area contributed by atoms with Gasteiger partial charge >= 0.3 is 0 Å². The zero-order valence-corrected chi connectivity index (χ0v) is 16.3. The van der Waals surface area contributed by atoms with E-state index in [2.05, 4.69) is 36.1 Å². The molecule has 0 aromatic heterocycles. The van der Waals surface area contributed by atoms with Crippen LogP contribution in [0.15, 0.2) is 71.6 Å². The van der Waals surface area contributed by atoms with Gasteiger partial charge in [0.1, 0.15) is 0 Å². The number of nitrogens with zero attached hydrogens (tertiary/aromatic N) is 2. The molecule has 1 heterocycles. The molecule has 0 aliphatic carbocycles. The average molecular weight is 381 g/mol. The highest BCUT2D eigenvalue weighted by Gasteiger charge is 2.29. The van der Waals surface area contributed by atoms with Crippen LogP contribution >= 0.6 is 0 Å². The minimum absolute atomic E-state index is 0.410. The molecule has 0 bridgehead atoms. The van der Waals surface area contributed by atoms with Crippen LogP contribution in [0, 0.1) is 6.92 Å². The summed E-state index contributed by atoms with van der Waals surface area (Å²) in [4.78, 5) is 2.73. The van der Waals surface area contributed by atoms with Gasteiger partial charge in [0.25, 0.3) is 0 Å². The van der Waals surface area contributed by atoms with E-state index in [1.54, 1.807) is 10.4 Å². The van der Waals surface area contributed by atoms with E-state index in [1.165, 1.54) is 11.1 Å². The molecule has 0 N–H and O–H groups in total. The summed E-state index contributed by atoms with van der Waals surface area (Å²) in [6.45, 7) is 5.49. The molecule has 0 spiro atoms. The number of piperazine rings is 1. The number of aryl methyl sites for hydroxylation is 1. The minimum atomic E-state index is -3.48. The maximum atomic E-state index is 13.2. The number of fused-ring (bicyclic) bond motifs is 1. The third-order valence-electron chi connectivity index (χ3n) is 5.23. The summed E-state index contributed by atoms with van der Waals surface area (Å²) in [6, 6.07) is 21.7. The van der Waals surface area contributed by atoms with Crippen molar-refractivity contribution in [3.63, 3.8) is 0 Å². The summed E-state index contributed by atoms with van der Waals surface area (Å²) in [5, 5.41) is 1.75. The van der Waals surface area contributed by atoms with Gasteiger partial charge in [-0.1, -0.05) is 66.2 Å². The van der Waals surface area contributed by atoms with Crippen LogP contribution in [0.1, 0.15) is 11.1 Å². The summed E-state index contributed by atoms with van der Waals surface area (Å²) in [5.41, 5.74) is 2.52. The van der Waals surface area contributed by atoms with E-state index in [9.17, 15) is 8.42 Å². The van der Waals surface area contributed by atoms with Crippen LogP contribution in [0.25, 0.3) is 10.8 Å². The van der Waals surface area contributed by atoms with Crippen molar-refractivity contribution in [2.75, 3.05) is 26.2 Å². The molecule has 4 nitrogen and oxygen atoms in total. The molecule has 4 rings (SSSR count). The van der Waals surface area contributed by atoms with Crippen molar-refractivity contribution in [1.29, 1.82) is 0 Å². The lowest BCUT2D eigenvalue weighted by atomic mass is 10.1. The lowest BCUT2D eigenvalue weighted by molar-refractivity contribution is 0.181. The van der Waals surface area contributed by atoms with Crippen molar-refractivity contribution >= 4 is 20.8 Å². The zero-order valence-electron chi connectivity index (χ0n) is 15.5. The SMILES string of the molecule is Cc1ccc(CN2CCN(S(=O)(=O)c3cccc4ccccc34)CC2)cc1. The summed E-state index contributed by atoms with van der Waals surface area (Å²) in [5.74, 6) is 0. The number of benzene rings is 3. The van der Waals surface area contributed by atoms with Gasteiger partial charge in [-0.15, -0.1) is 0 Å². The van der Waals surface area contributed by atoms with E-state index in [0.29, 0.717) is 18.0 Å². The van der Waals surface area contributed by atoms with Crippen molar-refractivity contribution in [3.8, 4) is 0 Å². The predicted molar refractivity (Wildman–Crippen MR) is 109 cm³/mol. The Morgan fingerprint density at radius 3 is 2.22 bits per heavy atom. The van der Waals surface area contributed by atoms with E-state index >= 15 is 0 Å². The van der Waals surface area contributed by atoms with Crippen LogP contribution in [0.3, 0.4) is 0 Å². The molecule has 140 valence electrons. The molecule has 3 aromatic carbocycles. The normalized spacial score (nSPS) is 16.6. The minimum Gasteiger partial charge on any atom is -0.296 e. The van der Waals surface area contributed by atoms with Gasteiger partial charge in [-0.2, -0.15) is 4.31 Å². The molecular formula is C22H24N2O2S. The molecular weight excluding hydrogens is 356 g/mol. The monoisotopic (exact) mass is 380 g/mol. The van der Waals surface area contributed by atoms with Gasteiger partial charge in [0.15, 0.2) is 0 Å². The van der Waals surface area contributed by atoms with Crippen molar-refractivity contribution < 1.29 is 8.42 Å².